The Morgan fingerprint density at radius 1 is 1.14 bits per heavy atom. The highest BCUT2D eigenvalue weighted by atomic mass is 16.2. The molecular weight excluding hydrogens is 354 g/mol. The van der Waals surface area contributed by atoms with Crippen molar-refractivity contribution in [2.24, 2.45) is 0 Å². The molecule has 3 heterocycles. The largest absolute Gasteiger partial charge is 0.381 e. The Morgan fingerprint density at radius 2 is 2.00 bits per heavy atom. The molecule has 1 atom stereocenters. The van der Waals surface area contributed by atoms with Crippen molar-refractivity contribution in [2.45, 2.75) is 25.3 Å². The maximum Gasteiger partial charge on any atom is 0.253 e. The summed E-state index contributed by atoms with van der Waals surface area (Å²) in [6.45, 7) is 1.50. The molecule has 4 rings (SSSR count). The van der Waals surface area contributed by atoms with E-state index in [0.29, 0.717) is 17.1 Å². The number of aromatic nitrogens is 4. The average molecular weight is 379 g/mol. The number of aromatic amines is 1. The molecule has 8 nitrogen and oxygen atoms in total. The summed E-state index contributed by atoms with van der Waals surface area (Å²) in [5.41, 5.74) is 3.17. The molecule has 1 amide bonds. The molecule has 0 bridgehead atoms. The summed E-state index contributed by atoms with van der Waals surface area (Å²) in [6, 6.07) is 9.87. The number of likely N-dealkylation sites (tertiary alicyclic amines) is 1. The Kier molecular flexibility index (Phi) is 5.10. The topological polar surface area (TPSA) is 90.0 Å². The number of pyridine rings is 1. The number of carbonyl (C=O) groups is 1. The number of carbonyl (C=O) groups excluding carboxylic acids is 1. The summed E-state index contributed by atoms with van der Waals surface area (Å²) in [4.78, 5) is 21.3. The second-order valence-corrected chi connectivity index (χ2v) is 7.39. The Bertz CT molecular complexity index is 951. The van der Waals surface area contributed by atoms with Gasteiger partial charge in [-0.25, -0.2) is 4.98 Å². The van der Waals surface area contributed by atoms with Gasteiger partial charge in [-0.05, 0) is 49.6 Å². The molecule has 146 valence electrons. The van der Waals surface area contributed by atoms with Gasteiger partial charge in [0.2, 0.25) is 0 Å². The summed E-state index contributed by atoms with van der Waals surface area (Å²) >= 11 is 0. The maximum atomic E-state index is 12.9. The normalized spacial score (nSPS) is 17.4. The van der Waals surface area contributed by atoms with Crippen molar-refractivity contribution in [3.63, 3.8) is 0 Å². The SMILES string of the molecule is CN(C)c1ccc(N[C@H]2CCCN(C(=O)c3ccc4n[nH]nc4c3)CC2)cn1. The number of hydrogen-bond donors (Lipinski definition) is 2. The van der Waals surface area contributed by atoms with E-state index < -0.39 is 0 Å². The van der Waals surface area contributed by atoms with Crippen molar-refractivity contribution in [1.29, 1.82) is 0 Å². The molecule has 1 saturated heterocycles. The third-order valence-corrected chi connectivity index (χ3v) is 5.16. The van der Waals surface area contributed by atoms with Gasteiger partial charge in [-0.1, -0.05) is 0 Å². The van der Waals surface area contributed by atoms with Crippen LogP contribution in [0.3, 0.4) is 0 Å². The minimum atomic E-state index is 0.0579. The lowest BCUT2D eigenvalue weighted by atomic mass is 10.1. The molecule has 0 aliphatic carbocycles. The van der Waals surface area contributed by atoms with E-state index in [2.05, 4.69) is 31.8 Å². The van der Waals surface area contributed by atoms with Gasteiger partial charge in [-0.15, -0.1) is 0 Å². The predicted molar refractivity (Wildman–Crippen MR) is 110 cm³/mol. The van der Waals surface area contributed by atoms with Gasteiger partial charge in [0.25, 0.3) is 5.91 Å². The van der Waals surface area contributed by atoms with Crippen molar-refractivity contribution in [3.8, 4) is 0 Å². The van der Waals surface area contributed by atoms with Crippen LogP contribution in [0.15, 0.2) is 36.5 Å². The highest BCUT2D eigenvalue weighted by Crippen LogP contribution is 2.20. The van der Waals surface area contributed by atoms with Crippen LogP contribution >= 0.6 is 0 Å². The Hall–Kier alpha value is -3.16. The molecule has 0 spiro atoms. The highest BCUT2D eigenvalue weighted by molar-refractivity contribution is 5.97. The highest BCUT2D eigenvalue weighted by Gasteiger charge is 2.22. The van der Waals surface area contributed by atoms with E-state index in [-0.39, 0.29) is 5.91 Å². The number of benzene rings is 1. The zero-order chi connectivity index (χ0) is 19.5. The zero-order valence-corrected chi connectivity index (χ0v) is 16.2. The van der Waals surface area contributed by atoms with Gasteiger partial charge in [0, 0.05) is 38.8 Å². The smallest absolute Gasteiger partial charge is 0.253 e. The first-order valence-electron chi connectivity index (χ1n) is 9.60. The third-order valence-electron chi connectivity index (χ3n) is 5.16. The van der Waals surface area contributed by atoms with Crippen LogP contribution in [-0.2, 0) is 0 Å². The lowest BCUT2D eigenvalue weighted by Crippen LogP contribution is -2.32. The zero-order valence-electron chi connectivity index (χ0n) is 16.2. The van der Waals surface area contributed by atoms with Crippen LogP contribution < -0.4 is 10.2 Å². The number of rotatable bonds is 4. The minimum absolute atomic E-state index is 0.0579. The summed E-state index contributed by atoms with van der Waals surface area (Å²) in [5.74, 6) is 0.995. The quantitative estimate of drug-likeness (QED) is 0.724. The van der Waals surface area contributed by atoms with Crippen molar-refractivity contribution in [3.05, 3.63) is 42.1 Å². The molecule has 8 heteroatoms. The third kappa shape index (κ3) is 3.90. The van der Waals surface area contributed by atoms with E-state index in [4.69, 9.17) is 0 Å². The Morgan fingerprint density at radius 3 is 2.79 bits per heavy atom. The first-order valence-corrected chi connectivity index (χ1v) is 9.60. The summed E-state index contributed by atoms with van der Waals surface area (Å²) in [5, 5.41) is 14.3. The molecule has 1 aliphatic heterocycles. The lowest BCUT2D eigenvalue weighted by molar-refractivity contribution is 0.0761. The average Bonchev–Trinajstić information content (AvgIpc) is 3.06. The van der Waals surface area contributed by atoms with Crippen LogP contribution in [0.5, 0.6) is 0 Å². The van der Waals surface area contributed by atoms with Crippen molar-refractivity contribution in [2.75, 3.05) is 37.4 Å². The van der Waals surface area contributed by atoms with Gasteiger partial charge in [0.05, 0.1) is 11.9 Å². The van der Waals surface area contributed by atoms with E-state index in [1.165, 1.54) is 0 Å². The molecule has 0 unspecified atom stereocenters. The molecule has 2 N–H and O–H groups in total. The Balaban J connectivity index is 1.38. The van der Waals surface area contributed by atoms with Crippen LogP contribution in [0.2, 0.25) is 0 Å². The number of hydrogen-bond acceptors (Lipinski definition) is 6. The predicted octanol–water partition coefficient (Wildman–Crippen LogP) is 2.53. The second-order valence-electron chi connectivity index (χ2n) is 7.39. The fraction of sp³-hybridized carbons (Fsp3) is 0.400. The van der Waals surface area contributed by atoms with Gasteiger partial charge >= 0.3 is 0 Å². The molecule has 1 aromatic carbocycles. The molecule has 2 aromatic heterocycles. The van der Waals surface area contributed by atoms with Crippen LogP contribution in [0.1, 0.15) is 29.6 Å². The van der Waals surface area contributed by atoms with Crippen LogP contribution in [-0.4, -0.2) is 64.4 Å². The Labute approximate surface area is 163 Å². The fourth-order valence-corrected chi connectivity index (χ4v) is 3.57. The van der Waals surface area contributed by atoms with Crippen molar-refractivity contribution >= 4 is 28.4 Å². The van der Waals surface area contributed by atoms with Gasteiger partial charge < -0.3 is 15.1 Å². The second kappa shape index (κ2) is 7.84. The number of H-pyrrole nitrogens is 1. The molecule has 3 aromatic rings. The molecular formula is C20H25N7O. The number of fused-ring (bicyclic) bond motifs is 1. The first kappa shape index (κ1) is 18.2. The van der Waals surface area contributed by atoms with E-state index in [9.17, 15) is 4.79 Å². The molecule has 28 heavy (non-hydrogen) atoms. The van der Waals surface area contributed by atoms with E-state index in [0.717, 1.165) is 49.4 Å². The van der Waals surface area contributed by atoms with E-state index in [1.807, 2.05) is 48.3 Å². The molecule has 0 saturated carbocycles. The van der Waals surface area contributed by atoms with Crippen molar-refractivity contribution < 1.29 is 4.79 Å². The van der Waals surface area contributed by atoms with Gasteiger partial charge in [-0.3, -0.25) is 4.79 Å². The monoisotopic (exact) mass is 379 g/mol. The number of nitrogens with zero attached hydrogens (tertiary/aromatic N) is 5. The minimum Gasteiger partial charge on any atom is -0.381 e. The maximum absolute atomic E-state index is 12.9. The molecule has 1 aliphatic rings. The van der Waals surface area contributed by atoms with Gasteiger partial charge in [0.15, 0.2) is 0 Å². The first-order chi connectivity index (χ1) is 13.6. The van der Waals surface area contributed by atoms with Gasteiger partial charge in [-0.2, -0.15) is 15.4 Å². The standard InChI is InChI=1S/C20H25N7O/c1-26(2)19-8-6-16(13-21-19)22-15-4-3-10-27(11-9-15)20(28)14-5-7-17-18(12-14)24-25-23-17/h5-8,12-13,15,22H,3-4,9-11H2,1-2H3,(H,23,24,25)/t15-/m0/s1. The molecule has 1 fully saturated rings. The summed E-state index contributed by atoms with van der Waals surface area (Å²) in [6.07, 6.45) is 4.78. The van der Waals surface area contributed by atoms with Gasteiger partial charge in [0.1, 0.15) is 16.9 Å². The van der Waals surface area contributed by atoms with Crippen LogP contribution in [0.25, 0.3) is 11.0 Å². The fourth-order valence-electron chi connectivity index (χ4n) is 3.57. The number of nitrogens with one attached hydrogen (secondary N) is 2. The molecule has 0 radical (unpaired) electrons. The number of anilines is 2. The lowest BCUT2D eigenvalue weighted by Gasteiger charge is -2.21. The van der Waals surface area contributed by atoms with E-state index in [1.54, 1.807) is 6.07 Å². The number of amides is 1. The summed E-state index contributed by atoms with van der Waals surface area (Å²) < 4.78 is 0. The summed E-state index contributed by atoms with van der Waals surface area (Å²) in [7, 11) is 3.96. The van der Waals surface area contributed by atoms with Crippen LogP contribution in [0.4, 0.5) is 11.5 Å². The van der Waals surface area contributed by atoms with Crippen LogP contribution in [0, 0.1) is 0 Å². The van der Waals surface area contributed by atoms with Crippen molar-refractivity contribution in [1.82, 2.24) is 25.3 Å². The van der Waals surface area contributed by atoms with E-state index >= 15 is 0 Å².